The summed E-state index contributed by atoms with van der Waals surface area (Å²) in [5.41, 5.74) is -0.255. The number of ether oxygens (including phenoxy) is 2. The van der Waals surface area contributed by atoms with E-state index in [0.29, 0.717) is 5.56 Å². The highest BCUT2D eigenvalue weighted by Crippen LogP contribution is 2.44. The third-order valence-corrected chi connectivity index (χ3v) is 3.21. The van der Waals surface area contributed by atoms with Crippen molar-refractivity contribution in [2.75, 3.05) is 14.2 Å². The fraction of sp³-hybridized carbons (Fsp3) is 0.385. The van der Waals surface area contributed by atoms with Crippen LogP contribution in [0.4, 0.5) is 5.69 Å². The monoisotopic (exact) mass is 279 g/mol. The summed E-state index contributed by atoms with van der Waals surface area (Å²) in [7, 11) is 2.27. The summed E-state index contributed by atoms with van der Waals surface area (Å²) in [6.07, 6.45) is 1.75. The highest BCUT2D eigenvalue weighted by Gasteiger charge is 2.36. The Labute approximate surface area is 114 Å². The number of hydrogen-bond acceptors (Lipinski definition) is 6. The van der Waals surface area contributed by atoms with Gasteiger partial charge in [-0.3, -0.25) is 10.1 Å². The normalized spacial score (nSPS) is 13.7. The molecule has 0 atom stereocenters. The minimum absolute atomic E-state index is 0.0592. The molecule has 0 aliphatic heterocycles. The van der Waals surface area contributed by atoms with Crippen molar-refractivity contribution in [2.24, 2.45) is 0 Å². The van der Waals surface area contributed by atoms with Crippen molar-refractivity contribution in [2.45, 2.75) is 18.8 Å². The van der Waals surface area contributed by atoms with Crippen LogP contribution in [-0.2, 0) is 9.47 Å². The molecule has 0 saturated heterocycles. The van der Waals surface area contributed by atoms with Gasteiger partial charge in [-0.15, -0.1) is 0 Å². The van der Waals surface area contributed by atoms with E-state index in [4.69, 9.17) is 0 Å². The number of methoxy groups -OCH3 is 2. The molecule has 1 fully saturated rings. The van der Waals surface area contributed by atoms with Crippen LogP contribution in [0.15, 0.2) is 12.1 Å². The van der Waals surface area contributed by atoms with E-state index in [-0.39, 0.29) is 17.0 Å². The molecule has 0 heterocycles. The lowest BCUT2D eigenvalue weighted by molar-refractivity contribution is -0.385. The second-order valence-electron chi connectivity index (χ2n) is 4.44. The summed E-state index contributed by atoms with van der Waals surface area (Å²) in [4.78, 5) is 34.1. The second-order valence-corrected chi connectivity index (χ2v) is 4.44. The Hall–Kier alpha value is -2.44. The molecule has 0 bridgehead atoms. The molecule has 1 aliphatic rings. The Bertz CT molecular complexity index is 591. The van der Waals surface area contributed by atoms with Gasteiger partial charge < -0.3 is 9.47 Å². The zero-order valence-electron chi connectivity index (χ0n) is 11.0. The molecule has 1 aromatic carbocycles. The molecule has 1 aromatic rings. The summed E-state index contributed by atoms with van der Waals surface area (Å²) in [5, 5.41) is 11.0. The lowest BCUT2D eigenvalue weighted by Gasteiger charge is -2.11. The van der Waals surface area contributed by atoms with Crippen LogP contribution < -0.4 is 0 Å². The number of nitro benzene ring substituents is 1. The van der Waals surface area contributed by atoms with Crippen molar-refractivity contribution in [1.82, 2.24) is 0 Å². The maximum Gasteiger partial charge on any atom is 0.345 e. The molecule has 0 amide bonds. The molecular formula is C13H13NO6. The minimum atomic E-state index is -0.917. The van der Waals surface area contributed by atoms with Gasteiger partial charge >= 0.3 is 11.9 Å². The lowest BCUT2D eigenvalue weighted by atomic mass is 9.96. The van der Waals surface area contributed by atoms with Crippen LogP contribution >= 0.6 is 0 Å². The van der Waals surface area contributed by atoms with E-state index < -0.39 is 22.5 Å². The molecule has 1 saturated carbocycles. The van der Waals surface area contributed by atoms with Crippen LogP contribution in [-0.4, -0.2) is 31.1 Å². The van der Waals surface area contributed by atoms with Crippen molar-refractivity contribution in [3.63, 3.8) is 0 Å². The summed E-state index contributed by atoms with van der Waals surface area (Å²) in [6, 6.07) is 2.74. The van der Waals surface area contributed by atoms with Crippen LogP contribution in [0.3, 0.4) is 0 Å². The smallest absolute Gasteiger partial charge is 0.345 e. The summed E-state index contributed by atoms with van der Waals surface area (Å²) in [6.45, 7) is 0. The summed E-state index contributed by atoms with van der Waals surface area (Å²) < 4.78 is 9.22. The Balaban J connectivity index is 2.73. The van der Waals surface area contributed by atoms with Gasteiger partial charge in [0.1, 0.15) is 0 Å². The predicted molar refractivity (Wildman–Crippen MR) is 67.8 cm³/mol. The fourth-order valence-electron chi connectivity index (χ4n) is 2.13. The maximum atomic E-state index is 11.9. The number of nitro groups is 1. The van der Waals surface area contributed by atoms with E-state index in [0.717, 1.165) is 20.0 Å². The first-order chi connectivity index (χ1) is 9.51. The zero-order chi connectivity index (χ0) is 14.9. The molecule has 7 nitrogen and oxygen atoms in total. The first-order valence-electron chi connectivity index (χ1n) is 5.99. The summed E-state index contributed by atoms with van der Waals surface area (Å²) in [5.74, 6) is -1.55. The van der Waals surface area contributed by atoms with Crippen LogP contribution in [0.5, 0.6) is 0 Å². The largest absolute Gasteiger partial charge is 0.465 e. The number of hydrogen-bond donors (Lipinski definition) is 0. The van der Waals surface area contributed by atoms with Gasteiger partial charge in [0.15, 0.2) is 5.56 Å². The topological polar surface area (TPSA) is 95.7 Å². The van der Waals surface area contributed by atoms with Gasteiger partial charge in [0.25, 0.3) is 5.69 Å². The molecule has 0 N–H and O–H groups in total. The van der Waals surface area contributed by atoms with Crippen LogP contribution in [0.25, 0.3) is 0 Å². The van der Waals surface area contributed by atoms with E-state index in [1.54, 1.807) is 0 Å². The maximum absolute atomic E-state index is 11.9. The van der Waals surface area contributed by atoms with E-state index >= 15 is 0 Å². The quantitative estimate of drug-likeness (QED) is 0.475. The van der Waals surface area contributed by atoms with Gasteiger partial charge in [-0.1, -0.05) is 6.07 Å². The molecule has 106 valence electrons. The molecule has 0 spiro atoms. The van der Waals surface area contributed by atoms with Gasteiger partial charge in [0.05, 0.1) is 24.7 Å². The van der Waals surface area contributed by atoms with E-state index in [9.17, 15) is 19.7 Å². The number of carbonyl (C=O) groups is 2. The van der Waals surface area contributed by atoms with Crippen molar-refractivity contribution in [1.29, 1.82) is 0 Å². The Morgan fingerprint density at radius 3 is 2.15 bits per heavy atom. The van der Waals surface area contributed by atoms with E-state index in [2.05, 4.69) is 9.47 Å². The van der Waals surface area contributed by atoms with E-state index in [1.807, 2.05) is 0 Å². The minimum Gasteiger partial charge on any atom is -0.465 e. The van der Waals surface area contributed by atoms with E-state index in [1.165, 1.54) is 19.2 Å². The van der Waals surface area contributed by atoms with Gasteiger partial charge in [0, 0.05) is 6.07 Å². The van der Waals surface area contributed by atoms with Crippen LogP contribution in [0, 0.1) is 10.1 Å². The third kappa shape index (κ3) is 2.34. The van der Waals surface area contributed by atoms with Gasteiger partial charge in [0.2, 0.25) is 0 Å². The fourth-order valence-corrected chi connectivity index (χ4v) is 2.13. The average Bonchev–Trinajstić information content (AvgIpc) is 3.28. The number of rotatable bonds is 4. The van der Waals surface area contributed by atoms with Crippen molar-refractivity contribution in [3.05, 3.63) is 38.9 Å². The molecule has 20 heavy (non-hydrogen) atoms. The molecule has 2 rings (SSSR count). The van der Waals surface area contributed by atoms with Gasteiger partial charge in [-0.05, 0) is 24.3 Å². The van der Waals surface area contributed by atoms with Crippen LogP contribution in [0.2, 0.25) is 0 Å². The number of esters is 2. The number of nitrogens with zero attached hydrogens (tertiary/aromatic N) is 1. The number of benzene rings is 1. The van der Waals surface area contributed by atoms with Crippen LogP contribution in [0.1, 0.15) is 45.0 Å². The first-order valence-corrected chi connectivity index (χ1v) is 5.99. The summed E-state index contributed by atoms with van der Waals surface area (Å²) >= 11 is 0. The van der Waals surface area contributed by atoms with Gasteiger partial charge in [-0.2, -0.15) is 0 Å². The van der Waals surface area contributed by atoms with Crippen molar-refractivity contribution < 1.29 is 24.0 Å². The van der Waals surface area contributed by atoms with Crippen molar-refractivity contribution >= 4 is 17.6 Å². The highest BCUT2D eigenvalue weighted by molar-refractivity contribution is 6.07. The number of carbonyl (C=O) groups excluding carboxylic acids is 2. The SMILES string of the molecule is COC(=O)c1c(C2CC2)ccc([N+](=O)[O-])c1C(=O)OC. The molecule has 0 aromatic heterocycles. The lowest BCUT2D eigenvalue weighted by Crippen LogP contribution is -2.16. The molecule has 0 radical (unpaired) electrons. The Morgan fingerprint density at radius 1 is 1.15 bits per heavy atom. The van der Waals surface area contributed by atoms with Crippen molar-refractivity contribution in [3.8, 4) is 0 Å². The highest BCUT2D eigenvalue weighted by atomic mass is 16.6. The first kappa shape index (κ1) is 14.0. The molecule has 7 heteroatoms. The average molecular weight is 279 g/mol. The Morgan fingerprint density at radius 2 is 1.70 bits per heavy atom. The van der Waals surface area contributed by atoms with Gasteiger partial charge in [-0.25, -0.2) is 9.59 Å². The molecular weight excluding hydrogens is 266 g/mol. The molecule has 1 aliphatic carbocycles. The second kappa shape index (κ2) is 5.28. The predicted octanol–water partition coefficient (Wildman–Crippen LogP) is 2.05. The standard InChI is InChI=1S/C13H13NO6/c1-19-12(15)10-8(7-3-4-7)5-6-9(14(17)18)11(10)13(16)20-2/h5-7H,3-4H2,1-2H3. The molecule has 0 unspecified atom stereocenters. The zero-order valence-corrected chi connectivity index (χ0v) is 11.0. The Kier molecular flexibility index (Phi) is 3.69. The third-order valence-electron chi connectivity index (χ3n) is 3.21.